The van der Waals surface area contributed by atoms with Gasteiger partial charge >= 0.3 is 0 Å². The van der Waals surface area contributed by atoms with Crippen LogP contribution in [-0.4, -0.2) is 4.57 Å². The van der Waals surface area contributed by atoms with Crippen molar-refractivity contribution in [2.45, 2.75) is 0 Å². The second kappa shape index (κ2) is 12.7. The quantitative estimate of drug-likeness (QED) is 0.158. The van der Waals surface area contributed by atoms with Gasteiger partial charge in [-0.05, 0) is 119 Å². The van der Waals surface area contributed by atoms with Gasteiger partial charge in [-0.15, -0.1) is 0 Å². The SMILES string of the molecule is c1ccc(-n2c3ccc(-c4ccc(-c5ccc6c(ccc7ccccc76)c5)cc4)cc3c3cc(-c4ccc(-c5cccc6ccccc56)cc4)ccc32)cc1. The third-order valence-electron chi connectivity index (χ3n) is 11.4. The Morgan fingerprint density at radius 2 is 0.691 bits per heavy atom. The van der Waals surface area contributed by atoms with E-state index in [1.165, 1.54) is 98.6 Å². The summed E-state index contributed by atoms with van der Waals surface area (Å²) >= 11 is 0. The highest BCUT2D eigenvalue weighted by molar-refractivity contribution is 6.12. The summed E-state index contributed by atoms with van der Waals surface area (Å²) < 4.78 is 2.40. The second-order valence-electron chi connectivity index (χ2n) is 14.5. The van der Waals surface area contributed by atoms with Crippen molar-refractivity contribution in [3.63, 3.8) is 0 Å². The molecule has 0 aliphatic carbocycles. The van der Waals surface area contributed by atoms with Crippen LogP contribution in [0.2, 0.25) is 0 Å². The minimum Gasteiger partial charge on any atom is -0.309 e. The average Bonchev–Trinajstić information content (AvgIpc) is 3.59. The molecule has 0 saturated carbocycles. The Kier molecular flexibility index (Phi) is 7.25. The van der Waals surface area contributed by atoms with Gasteiger partial charge in [0, 0.05) is 16.5 Å². The summed E-state index contributed by atoms with van der Waals surface area (Å²) in [5.74, 6) is 0. The number of rotatable bonds is 5. The van der Waals surface area contributed by atoms with E-state index in [4.69, 9.17) is 0 Å². The van der Waals surface area contributed by atoms with Crippen molar-refractivity contribution in [1.82, 2.24) is 4.57 Å². The minimum absolute atomic E-state index is 1.16. The lowest BCUT2D eigenvalue weighted by molar-refractivity contribution is 1.18. The van der Waals surface area contributed by atoms with Crippen molar-refractivity contribution in [1.29, 1.82) is 0 Å². The van der Waals surface area contributed by atoms with Crippen LogP contribution < -0.4 is 0 Å². The zero-order valence-electron chi connectivity index (χ0n) is 30.2. The van der Waals surface area contributed by atoms with Gasteiger partial charge in [0.05, 0.1) is 11.0 Å². The first-order chi connectivity index (χ1) is 27.2. The maximum absolute atomic E-state index is 2.40. The first-order valence-electron chi connectivity index (χ1n) is 19.0. The highest BCUT2D eigenvalue weighted by Crippen LogP contribution is 2.39. The minimum atomic E-state index is 1.16. The summed E-state index contributed by atoms with van der Waals surface area (Å²) in [6.07, 6.45) is 0. The summed E-state index contributed by atoms with van der Waals surface area (Å²) in [4.78, 5) is 0. The van der Waals surface area contributed by atoms with Gasteiger partial charge in [0.1, 0.15) is 0 Å². The normalized spacial score (nSPS) is 11.6. The molecule has 0 atom stereocenters. The van der Waals surface area contributed by atoms with Crippen LogP contribution >= 0.6 is 0 Å². The van der Waals surface area contributed by atoms with Crippen molar-refractivity contribution >= 4 is 54.1 Å². The maximum atomic E-state index is 2.40. The van der Waals surface area contributed by atoms with E-state index in [1.807, 2.05) is 0 Å². The van der Waals surface area contributed by atoms with Gasteiger partial charge in [-0.3, -0.25) is 0 Å². The molecule has 0 spiro atoms. The van der Waals surface area contributed by atoms with E-state index in [-0.39, 0.29) is 0 Å². The van der Waals surface area contributed by atoms with E-state index in [2.05, 4.69) is 217 Å². The van der Waals surface area contributed by atoms with Crippen LogP contribution in [0.25, 0.3) is 104 Å². The zero-order chi connectivity index (χ0) is 36.3. The van der Waals surface area contributed by atoms with Gasteiger partial charge in [-0.25, -0.2) is 0 Å². The Balaban J connectivity index is 0.982. The molecule has 0 unspecified atom stereocenters. The Morgan fingerprint density at radius 1 is 0.236 bits per heavy atom. The van der Waals surface area contributed by atoms with Gasteiger partial charge in [0.15, 0.2) is 0 Å². The summed E-state index contributed by atoms with van der Waals surface area (Å²) in [6.45, 7) is 0. The van der Waals surface area contributed by atoms with E-state index in [0.29, 0.717) is 0 Å². The fraction of sp³-hybridized carbons (Fsp3) is 0. The predicted octanol–water partition coefficient (Wildman–Crippen LogP) is 14.9. The lowest BCUT2D eigenvalue weighted by Crippen LogP contribution is -1.93. The fourth-order valence-corrected chi connectivity index (χ4v) is 8.60. The van der Waals surface area contributed by atoms with E-state index in [1.54, 1.807) is 0 Å². The average molecular weight is 698 g/mol. The molecule has 0 radical (unpaired) electrons. The molecule has 0 saturated heterocycles. The highest BCUT2D eigenvalue weighted by atomic mass is 15.0. The third kappa shape index (κ3) is 5.32. The van der Waals surface area contributed by atoms with Gasteiger partial charge in [-0.2, -0.15) is 0 Å². The summed E-state index contributed by atoms with van der Waals surface area (Å²) in [7, 11) is 0. The van der Waals surface area contributed by atoms with Crippen LogP contribution in [0.1, 0.15) is 0 Å². The topological polar surface area (TPSA) is 4.93 Å². The highest BCUT2D eigenvalue weighted by Gasteiger charge is 2.15. The molecule has 1 nitrogen and oxygen atoms in total. The first kappa shape index (κ1) is 31.3. The monoisotopic (exact) mass is 697 g/mol. The molecule has 0 aliphatic rings. The van der Waals surface area contributed by atoms with Crippen LogP contribution in [0.5, 0.6) is 0 Å². The van der Waals surface area contributed by atoms with Crippen molar-refractivity contribution in [2.75, 3.05) is 0 Å². The molecule has 1 heterocycles. The van der Waals surface area contributed by atoms with Gasteiger partial charge in [-0.1, -0.05) is 170 Å². The molecular formula is C54H35N. The molecule has 1 aromatic heterocycles. The van der Waals surface area contributed by atoms with Crippen molar-refractivity contribution in [3.8, 4) is 50.2 Å². The Labute approximate surface area is 320 Å². The van der Waals surface area contributed by atoms with Gasteiger partial charge < -0.3 is 4.57 Å². The number of benzene rings is 10. The fourth-order valence-electron chi connectivity index (χ4n) is 8.60. The second-order valence-corrected chi connectivity index (χ2v) is 14.5. The zero-order valence-corrected chi connectivity index (χ0v) is 30.2. The van der Waals surface area contributed by atoms with Gasteiger partial charge in [0.25, 0.3) is 0 Å². The largest absolute Gasteiger partial charge is 0.309 e. The summed E-state index contributed by atoms with van der Waals surface area (Å²) in [6, 6.07) is 77.8. The molecule has 1 heteroatoms. The van der Waals surface area contributed by atoms with Crippen LogP contribution in [0.3, 0.4) is 0 Å². The lowest BCUT2D eigenvalue weighted by Gasteiger charge is -2.10. The summed E-state index contributed by atoms with van der Waals surface area (Å²) in [5, 5.41) is 10.2. The van der Waals surface area contributed by atoms with Gasteiger partial charge in [0.2, 0.25) is 0 Å². The molecule has 0 fully saturated rings. The van der Waals surface area contributed by atoms with Crippen molar-refractivity contribution in [3.05, 3.63) is 212 Å². The standard InChI is InChI=1S/C54H35N/c1-2-12-46(13-3-1)55-53-31-28-43(37-19-17-36(18-20-37)42-27-30-50-45(33-42)26-25-40-10-5-7-15-48(40)50)34-51(53)52-35-44(29-32-54(52)55)38-21-23-41(24-22-38)49-16-8-11-39-9-4-6-14-47(39)49/h1-35H. The molecule has 0 N–H and O–H groups in total. The maximum Gasteiger partial charge on any atom is 0.0541 e. The molecule has 11 rings (SSSR count). The number of hydrogen-bond donors (Lipinski definition) is 0. The van der Waals surface area contributed by atoms with Crippen LogP contribution in [0.4, 0.5) is 0 Å². The Bertz CT molecular complexity index is 3220. The summed E-state index contributed by atoms with van der Waals surface area (Å²) in [5.41, 5.74) is 13.3. The smallest absolute Gasteiger partial charge is 0.0541 e. The Morgan fingerprint density at radius 3 is 1.35 bits per heavy atom. The number of fused-ring (bicyclic) bond motifs is 7. The molecule has 0 amide bonds. The van der Waals surface area contributed by atoms with E-state index < -0.39 is 0 Å². The molecule has 55 heavy (non-hydrogen) atoms. The van der Waals surface area contributed by atoms with Crippen LogP contribution in [0, 0.1) is 0 Å². The molecular weight excluding hydrogens is 663 g/mol. The number of para-hydroxylation sites is 1. The van der Waals surface area contributed by atoms with E-state index >= 15 is 0 Å². The first-order valence-corrected chi connectivity index (χ1v) is 19.0. The van der Waals surface area contributed by atoms with Crippen LogP contribution in [0.15, 0.2) is 212 Å². The van der Waals surface area contributed by atoms with E-state index in [0.717, 1.165) is 5.69 Å². The molecule has 11 aromatic rings. The number of hydrogen-bond acceptors (Lipinski definition) is 0. The van der Waals surface area contributed by atoms with Crippen LogP contribution in [-0.2, 0) is 0 Å². The van der Waals surface area contributed by atoms with Crippen molar-refractivity contribution < 1.29 is 0 Å². The molecule has 0 aliphatic heterocycles. The lowest BCUT2D eigenvalue weighted by atomic mass is 9.95. The number of nitrogens with zero attached hydrogens (tertiary/aromatic N) is 1. The van der Waals surface area contributed by atoms with E-state index in [9.17, 15) is 0 Å². The Hall–Kier alpha value is -7.22. The molecule has 256 valence electrons. The molecule has 0 bridgehead atoms. The number of aromatic nitrogens is 1. The molecule has 10 aromatic carbocycles. The third-order valence-corrected chi connectivity index (χ3v) is 11.4. The van der Waals surface area contributed by atoms with Crippen molar-refractivity contribution in [2.24, 2.45) is 0 Å². The predicted molar refractivity (Wildman–Crippen MR) is 235 cm³/mol.